The number of rotatable bonds is 5. The van der Waals surface area contributed by atoms with Crippen LogP contribution in [0.5, 0.6) is 11.6 Å². The number of aromatic nitrogens is 2. The minimum Gasteiger partial charge on any atom is -0.497 e. The number of nitrogen functional groups attached to an aromatic ring is 1. The van der Waals surface area contributed by atoms with Gasteiger partial charge in [-0.3, -0.25) is 0 Å². The molecule has 2 N–H and O–H groups in total. The molecule has 5 nitrogen and oxygen atoms in total. The van der Waals surface area contributed by atoms with E-state index in [2.05, 4.69) is 9.97 Å². The van der Waals surface area contributed by atoms with E-state index in [0.29, 0.717) is 24.2 Å². The smallest absolute Gasteiger partial charge is 0.222 e. The van der Waals surface area contributed by atoms with Crippen LogP contribution in [0.3, 0.4) is 0 Å². The molecule has 2 aromatic rings. The van der Waals surface area contributed by atoms with Crippen LogP contribution in [0, 0.1) is 6.92 Å². The van der Waals surface area contributed by atoms with Crippen LogP contribution in [0.4, 0.5) is 5.82 Å². The van der Waals surface area contributed by atoms with E-state index in [-0.39, 0.29) is 0 Å². The Morgan fingerprint density at radius 3 is 2.52 bits per heavy atom. The van der Waals surface area contributed by atoms with E-state index in [9.17, 15) is 0 Å². The third-order valence-electron chi connectivity index (χ3n) is 3.63. The Kier molecular flexibility index (Phi) is 3.64. The molecule has 0 saturated heterocycles. The Morgan fingerprint density at radius 2 is 1.90 bits per heavy atom. The molecular weight excluding hydrogens is 266 g/mol. The molecule has 0 radical (unpaired) electrons. The lowest BCUT2D eigenvalue weighted by Gasteiger charge is -2.11. The van der Waals surface area contributed by atoms with Gasteiger partial charge in [0.2, 0.25) is 5.88 Å². The zero-order valence-electron chi connectivity index (χ0n) is 12.3. The zero-order valence-corrected chi connectivity index (χ0v) is 12.3. The number of hydrogen-bond acceptors (Lipinski definition) is 5. The molecule has 0 atom stereocenters. The van der Waals surface area contributed by atoms with Crippen molar-refractivity contribution < 1.29 is 9.47 Å². The molecule has 1 heterocycles. The quantitative estimate of drug-likeness (QED) is 0.914. The molecule has 21 heavy (non-hydrogen) atoms. The molecule has 0 amide bonds. The summed E-state index contributed by atoms with van der Waals surface area (Å²) in [7, 11) is 1.65. The van der Waals surface area contributed by atoms with Gasteiger partial charge >= 0.3 is 0 Å². The number of nitrogens with two attached hydrogens (primary N) is 1. The Morgan fingerprint density at radius 1 is 1.19 bits per heavy atom. The molecule has 1 aromatic heterocycles. The summed E-state index contributed by atoms with van der Waals surface area (Å²) in [5, 5.41) is 0. The van der Waals surface area contributed by atoms with Gasteiger partial charge in [-0.25, -0.2) is 4.98 Å². The highest BCUT2D eigenvalue weighted by molar-refractivity contribution is 5.45. The van der Waals surface area contributed by atoms with Crippen LogP contribution in [0.25, 0.3) is 0 Å². The van der Waals surface area contributed by atoms with Gasteiger partial charge in [0, 0.05) is 5.92 Å². The average Bonchev–Trinajstić information content (AvgIpc) is 3.34. The van der Waals surface area contributed by atoms with Gasteiger partial charge in [-0.05, 0) is 37.5 Å². The SMILES string of the molecule is COc1ccc(COc2nc(C3CC3)nc(N)c2C)cc1. The normalized spacial score (nSPS) is 14.0. The molecule has 1 aliphatic carbocycles. The van der Waals surface area contributed by atoms with Crippen LogP contribution in [0.2, 0.25) is 0 Å². The summed E-state index contributed by atoms with van der Waals surface area (Å²) in [6.45, 7) is 2.33. The molecule has 1 aromatic carbocycles. The topological polar surface area (TPSA) is 70.3 Å². The highest BCUT2D eigenvalue weighted by Crippen LogP contribution is 2.39. The van der Waals surface area contributed by atoms with E-state index in [1.54, 1.807) is 7.11 Å². The molecule has 110 valence electrons. The highest BCUT2D eigenvalue weighted by atomic mass is 16.5. The lowest BCUT2D eigenvalue weighted by molar-refractivity contribution is 0.290. The first-order chi connectivity index (χ1) is 10.2. The molecule has 0 bridgehead atoms. The van der Waals surface area contributed by atoms with Crippen LogP contribution < -0.4 is 15.2 Å². The van der Waals surface area contributed by atoms with Crippen molar-refractivity contribution in [2.24, 2.45) is 0 Å². The van der Waals surface area contributed by atoms with Gasteiger partial charge in [0.15, 0.2) is 0 Å². The van der Waals surface area contributed by atoms with Crippen molar-refractivity contribution in [3.63, 3.8) is 0 Å². The van der Waals surface area contributed by atoms with Crippen molar-refractivity contribution >= 4 is 5.82 Å². The fourth-order valence-electron chi connectivity index (χ4n) is 2.07. The van der Waals surface area contributed by atoms with Crippen molar-refractivity contribution in [3.8, 4) is 11.6 Å². The molecule has 1 aliphatic rings. The second kappa shape index (κ2) is 5.60. The van der Waals surface area contributed by atoms with Crippen molar-refractivity contribution in [2.75, 3.05) is 12.8 Å². The van der Waals surface area contributed by atoms with Gasteiger partial charge in [-0.15, -0.1) is 0 Å². The van der Waals surface area contributed by atoms with Gasteiger partial charge in [0.1, 0.15) is 24.0 Å². The minimum atomic E-state index is 0.450. The monoisotopic (exact) mass is 285 g/mol. The lowest BCUT2D eigenvalue weighted by atomic mass is 10.2. The Labute approximate surface area is 124 Å². The maximum Gasteiger partial charge on any atom is 0.222 e. The van der Waals surface area contributed by atoms with Gasteiger partial charge in [-0.1, -0.05) is 12.1 Å². The first-order valence-electron chi connectivity index (χ1n) is 7.07. The van der Waals surface area contributed by atoms with Crippen LogP contribution in [0.1, 0.15) is 35.7 Å². The van der Waals surface area contributed by atoms with Crippen molar-refractivity contribution in [1.29, 1.82) is 0 Å². The molecule has 1 saturated carbocycles. The molecule has 0 unspecified atom stereocenters. The molecule has 0 aliphatic heterocycles. The Bertz CT molecular complexity index is 637. The third kappa shape index (κ3) is 3.07. The van der Waals surface area contributed by atoms with E-state index in [0.717, 1.165) is 35.5 Å². The van der Waals surface area contributed by atoms with Crippen LogP contribution in [-0.4, -0.2) is 17.1 Å². The highest BCUT2D eigenvalue weighted by Gasteiger charge is 2.28. The second-order valence-corrected chi connectivity index (χ2v) is 5.31. The molecule has 0 spiro atoms. The zero-order chi connectivity index (χ0) is 14.8. The van der Waals surface area contributed by atoms with Gasteiger partial charge in [0.25, 0.3) is 0 Å². The fraction of sp³-hybridized carbons (Fsp3) is 0.375. The average molecular weight is 285 g/mol. The molecule has 3 rings (SSSR count). The van der Waals surface area contributed by atoms with Crippen molar-refractivity contribution in [3.05, 3.63) is 41.2 Å². The van der Waals surface area contributed by atoms with Gasteiger partial charge in [-0.2, -0.15) is 4.98 Å². The number of anilines is 1. The van der Waals surface area contributed by atoms with Crippen molar-refractivity contribution in [1.82, 2.24) is 9.97 Å². The van der Waals surface area contributed by atoms with Crippen LogP contribution in [-0.2, 0) is 6.61 Å². The van der Waals surface area contributed by atoms with Gasteiger partial charge < -0.3 is 15.2 Å². The molecular formula is C16H19N3O2. The standard InChI is InChI=1S/C16H19N3O2/c1-10-14(17)18-15(12-5-6-12)19-16(10)21-9-11-3-7-13(20-2)8-4-11/h3-4,7-8,12H,5-6,9H2,1-2H3,(H2,17,18,19). The molecule has 1 fully saturated rings. The summed E-state index contributed by atoms with van der Waals surface area (Å²) < 4.78 is 11.0. The summed E-state index contributed by atoms with van der Waals surface area (Å²) in [4.78, 5) is 8.85. The van der Waals surface area contributed by atoms with E-state index in [1.165, 1.54) is 0 Å². The molecule has 5 heteroatoms. The number of nitrogens with zero attached hydrogens (tertiary/aromatic N) is 2. The Hall–Kier alpha value is -2.30. The van der Waals surface area contributed by atoms with Crippen molar-refractivity contribution in [2.45, 2.75) is 32.3 Å². The second-order valence-electron chi connectivity index (χ2n) is 5.31. The number of hydrogen-bond donors (Lipinski definition) is 1. The van der Waals surface area contributed by atoms with Crippen LogP contribution in [0.15, 0.2) is 24.3 Å². The summed E-state index contributed by atoms with van der Waals surface area (Å²) in [5.41, 5.74) is 7.80. The maximum atomic E-state index is 5.95. The first-order valence-corrected chi connectivity index (χ1v) is 7.07. The minimum absolute atomic E-state index is 0.450. The lowest BCUT2D eigenvalue weighted by Crippen LogP contribution is -2.06. The van der Waals surface area contributed by atoms with E-state index in [1.807, 2.05) is 31.2 Å². The number of methoxy groups -OCH3 is 1. The van der Waals surface area contributed by atoms with Gasteiger partial charge in [0.05, 0.1) is 12.7 Å². The fourth-order valence-corrected chi connectivity index (χ4v) is 2.07. The first kappa shape index (κ1) is 13.7. The maximum absolute atomic E-state index is 5.95. The number of benzene rings is 1. The largest absolute Gasteiger partial charge is 0.497 e. The number of ether oxygens (including phenoxy) is 2. The third-order valence-corrected chi connectivity index (χ3v) is 3.63. The predicted octanol–water partition coefficient (Wildman–Crippen LogP) is 2.83. The Balaban J connectivity index is 1.74. The van der Waals surface area contributed by atoms with Crippen LogP contribution >= 0.6 is 0 Å². The van der Waals surface area contributed by atoms with E-state index < -0.39 is 0 Å². The predicted molar refractivity (Wildman–Crippen MR) is 80.5 cm³/mol. The summed E-state index contributed by atoms with van der Waals surface area (Å²) in [5.74, 6) is 3.19. The van der Waals surface area contributed by atoms with E-state index >= 15 is 0 Å². The summed E-state index contributed by atoms with van der Waals surface area (Å²) in [6, 6.07) is 7.77. The summed E-state index contributed by atoms with van der Waals surface area (Å²) in [6.07, 6.45) is 2.28. The summed E-state index contributed by atoms with van der Waals surface area (Å²) >= 11 is 0. The van der Waals surface area contributed by atoms with E-state index in [4.69, 9.17) is 15.2 Å².